The van der Waals surface area contributed by atoms with Crippen LogP contribution in [0.25, 0.3) is 0 Å². The number of rotatable bonds is 3. The van der Waals surface area contributed by atoms with Crippen molar-refractivity contribution >= 4 is 29.2 Å². The topological polar surface area (TPSA) is 75.2 Å². The van der Waals surface area contributed by atoms with E-state index in [-0.39, 0.29) is 18.4 Å². The van der Waals surface area contributed by atoms with Gasteiger partial charge in [0.15, 0.2) is 0 Å². The lowest BCUT2D eigenvalue weighted by atomic mass is 10.2. The van der Waals surface area contributed by atoms with E-state index in [2.05, 4.69) is 15.3 Å². The lowest BCUT2D eigenvalue weighted by Crippen LogP contribution is -2.57. The predicted octanol–water partition coefficient (Wildman–Crippen LogP) is 0.934. The van der Waals surface area contributed by atoms with Crippen molar-refractivity contribution in [1.82, 2.24) is 15.3 Å². The van der Waals surface area contributed by atoms with E-state index in [9.17, 15) is 9.59 Å². The van der Waals surface area contributed by atoms with Gasteiger partial charge in [-0.1, -0.05) is 18.5 Å². The summed E-state index contributed by atoms with van der Waals surface area (Å²) in [4.78, 5) is 33.2. The molecule has 0 spiro atoms. The van der Waals surface area contributed by atoms with Gasteiger partial charge in [0.25, 0.3) is 0 Å². The van der Waals surface area contributed by atoms with Crippen molar-refractivity contribution in [2.45, 2.75) is 32.7 Å². The molecule has 1 unspecified atom stereocenters. The van der Waals surface area contributed by atoms with Crippen LogP contribution in [-0.2, 0) is 16.0 Å². The van der Waals surface area contributed by atoms with Crippen molar-refractivity contribution in [3.8, 4) is 0 Å². The number of piperazine rings is 1. The molecule has 0 aromatic carbocycles. The van der Waals surface area contributed by atoms with Crippen molar-refractivity contribution in [3.63, 3.8) is 0 Å². The number of hydrogen-bond acceptors (Lipinski definition) is 5. The Kier molecular flexibility index (Phi) is 3.99. The number of nitrogens with one attached hydrogen (secondary N) is 1. The molecule has 19 heavy (non-hydrogen) atoms. The summed E-state index contributed by atoms with van der Waals surface area (Å²) in [6, 6.07) is 1.11. The summed E-state index contributed by atoms with van der Waals surface area (Å²) in [7, 11) is 0. The van der Waals surface area contributed by atoms with E-state index in [0.29, 0.717) is 23.2 Å². The molecule has 1 N–H and O–H groups in total. The smallest absolute Gasteiger partial charge is 0.249 e. The highest BCUT2D eigenvalue weighted by atomic mass is 35.5. The number of imide groups is 1. The Balaban J connectivity index is 2.34. The van der Waals surface area contributed by atoms with Crippen molar-refractivity contribution in [2.24, 2.45) is 0 Å². The molecule has 1 aliphatic rings. The van der Waals surface area contributed by atoms with E-state index in [1.807, 2.05) is 6.92 Å². The van der Waals surface area contributed by atoms with Crippen molar-refractivity contribution in [3.05, 3.63) is 17.0 Å². The number of halogens is 1. The number of hydrogen-bond donors (Lipinski definition) is 1. The monoisotopic (exact) mass is 282 g/mol. The molecule has 1 aliphatic heterocycles. The number of aromatic nitrogens is 2. The first kappa shape index (κ1) is 13.7. The third-order valence-corrected chi connectivity index (χ3v) is 3.11. The summed E-state index contributed by atoms with van der Waals surface area (Å²) >= 11 is 5.96. The molecule has 102 valence electrons. The molecule has 1 saturated heterocycles. The summed E-state index contributed by atoms with van der Waals surface area (Å²) in [6.07, 6.45) is 1.60. The second kappa shape index (κ2) is 5.52. The van der Waals surface area contributed by atoms with Gasteiger partial charge in [-0.05, 0) is 13.3 Å². The predicted molar refractivity (Wildman–Crippen MR) is 71.0 cm³/mol. The van der Waals surface area contributed by atoms with Crippen LogP contribution in [0.2, 0.25) is 5.15 Å². The standard InChI is InChI=1S/C12H15ClN4O2/c1-3-4-9-14-8(13)5-10(15-9)17-6-11(18)16-12(19)7(17)2/h5,7H,3-4,6H2,1-2H3,(H,16,18,19). The Morgan fingerprint density at radius 2 is 2.21 bits per heavy atom. The molecule has 0 bridgehead atoms. The largest absolute Gasteiger partial charge is 0.335 e. The fraction of sp³-hybridized carbons (Fsp3) is 0.500. The zero-order valence-corrected chi connectivity index (χ0v) is 11.6. The molecule has 0 radical (unpaired) electrons. The Labute approximate surface area is 116 Å². The summed E-state index contributed by atoms with van der Waals surface area (Å²) in [6.45, 7) is 3.83. The molecule has 0 saturated carbocycles. The minimum atomic E-state index is -0.460. The van der Waals surface area contributed by atoms with Crippen LogP contribution in [0.4, 0.5) is 5.82 Å². The van der Waals surface area contributed by atoms with Crippen molar-refractivity contribution in [2.75, 3.05) is 11.4 Å². The molecule has 2 rings (SSSR count). The van der Waals surface area contributed by atoms with E-state index < -0.39 is 6.04 Å². The van der Waals surface area contributed by atoms with Crippen LogP contribution in [0.15, 0.2) is 6.07 Å². The van der Waals surface area contributed by atoms with Crippen molar-refractivity contribution < 1.29 is 9.59 Å². The highest BCUT2D eigenvalue weighted by Crippen LogP contribution is 2.20. The van der Waals surface area contributed by atoms with E-state index in [4.69, 9.17) is 11.6 Å². The van der Waals surface area contributed by atoms with Gasteiger partial charge in [-0.3, -0.25) is 14.9 Å². The number of carbonyl (C=O) groups excluding carboxylic acids is 2. The number of anilines is 1. The molecule has 7 heteroatoms. The van der Waals surface area contributed by atoms with E-state index in [0.717, 1.165) is 6.42 Å². The van der Waals surface area contributed by atoms with Crippen LogP contribution in [0.3, 0.4) is 0 Å². The molecule has 1 fully saturated rings. The normalized spacial score (nSPS) is 19.5. The summed E-state index contributed by atoms with van der Waals surface area (Å²) < 4.78 is 0. The number of aryl methyl sites for hydroxylation is 1. The van der Waals surface area contributed by atoms with Crippen LogP contribution in [0.5, 0.6) is 0 Å². The minimum absolute atomic E-state index is 0.0891. The van der Waals surface area contributed by atoms with Gasteiger partial charge in [0.2, 0.25) is 11.8 Å². The first-order valence-corrected chi connectivity index (χ1v) is 6.53. The molecule has 0 aliphatic carbocycles. The van der Waals surface area contributed by atoms with Gasteiger partial charge >= 0.3 is 0 Å². The number of carbonyl (C=O) groups is 2. The number of nitrogens with zero attached hydrogens (tertiary/aromatic N) is 3. The lowest BCUT2D eigenvalue weighted by molar-refractivity contribution is -0.132. The third-order valence-electron chi connectivity index (χ3n) is 2.92. The van der Waals surface area contributed by atoms with Gasteiger partial charge in [0.05, 0.1) is 6.54 Å². The van der Waals surface area contributed by atoms with Crippen molar-refractivity contribution in [1.29, 1.82) is 0 Å². The van der Waals surface area contributed by atoms with Gasteiger partial charge < -0.3 is 4.90 Å². The van der Waals surface area contributed by atoms with Crippen LogP contribution in [-0.4, -0.2) is 34.4 Å². The molecule has 1 aromatic heterocycles. The maximum Gasteiger partial charge on any atom is 0.249 e. The number of amides is 2. The highest BCUT2D eigenvalue weighted by molar-refractivity contribution is 6.29. The first-order chi connectivity index (χ1) is 9.01. The van der Waals surface area contributed by atoms with Gasteiger partial charge in [-0.25, -0.2) is 9.97 Å². The molecule has 2 heterocycles. The Morgan fingerprint density at radius 1 is 1.47 bits per heavy atom. The summed E-state index contributed by atoms with van der Waals surface area (Å²) in [5.41, 5.74) is 0. The third kappa shape index (κ3) is 3.01. The second-order valence-electron chi connectivity index (χ2n) is 4.43. The van der Waals surface area contributed by atoms with Crippen LogP contribution < -0.4 is 10.2 Å². The quantitative estimate of drug-likeness (QED) is 0.659. The first-order valence-electron chi connectivity index (χ1n) is 6.15. The summed E-state index contributed by atoms with van der Waals surface area (Å²) in [5, 5.41) is 2.61. The average molecular weight is 283 g/mol. The molecule has 6 nitrogen and oxygen atoms in total. The Morgan fingerprint density at radius 3 is 2.89 bits per heavy atom. The maximum atomic E-state index is 11.6. The fourth-order valence-electron chi connectivity index (χ4n) is 1.93. The van der Waals surface area contributed by atoms with Crippen LogP contribution >= 0.6 is 11.6 Å². The fourth-order valence-corrected chi connectivity index (χ4v) is 2.12. The molecule has 1 aromatic rings. The van der Waals surface area contributed by atoms with Gasteiger partial charge in [-0.15, -0.1) is 0 Å². The maximum absolute atomic E-state index is 11.6. The zero-order chi connectivity index (χ0) is 14.0. The van der Waals surface area contributed by atoms with Gasteiger partial charge in [0.1, 0.15) is 22.8 Å². The molecular weight excluding hydrogens is 268 g/mol. The van der Waals surface area contributed by atoms with Crippen LogP contribution in [0, 0.1) is 0 Å². The molecular formula is C12H15ClN4O2. The van der Waals surface area contributed by atoms with E-state index in [1.54, 1.807) is 17.9 Å². The van der Waals surface area contributed by atoms with Crippen LogP contribution in [0.1, 0.15) is 26.1 Å². The highest BCUT2D eigenvalue weighted by Gasteiger charge is 2.31. The minimum Gasteiger partial charge on any atom is -0.335 e. The van der Waals surface area contributed by atoms with Gasteiger partial charge in [-0.2, -0.15) is 0 Å². The SMILES string of the molecule is CCCc1nc(Cl)cc(N2CC(=O)NC(=O)C2C)n1. The zero-order valence-electron chi connectivity index (χ0n) is 10.8. The van der Waals surface area contributed by atoms with E-state index in [1.165, 1.54) is 0 Å². The summed E-state index contributed by atoms with van der Waals surface area (Å²) in [5.74, 6) is 0.465. The second-order valence-corrected chi connectivity index (χ2v) is 4.82. The van der Waals surface area contributed by atoms with Gasteiger partial charge in [0, 0.05) is 12.5 Å². The lowest BCUT2D eigenvalue weighted by Gasteiger charge is -2.32. The molecule has 2 amide bonds. The molecule has 1 atom stereocenters. The average Bonchev–Trinajstić information content (AvgIpc) is 2.33. The Hall–Kier alpha value is -1.69. The van der Waals surface area contributed by atoms with E-state index >= 15 is 0 Å². The Bertz CT molecular complexity index is 520.